The van der Waals surface area contributed by atoms with Gasteiger partial charge in [-0.05, 0) is 78.5 Å². The molecule has 1 aromatic heterocycles. The quantitative estimate of drug-likeness (QED) is 0.221. The van der Waals surface area contributed by atoms with Crippen molar-refractivity contribution < 1.29 is 23.8 Å². The normalized spacial score (nSPS) is 14.0. The van der Waals surface area contributed by atoms with E-state index < -0.39 is 11.9 Å². The minimum absolute atomic E-state index is 0.0411. The van der Waals surface area contributed by atoms with E-state index in [1.165, 1.54) is 4.90 Å². The van der Waals surface area contributed by atoms with E-state index in [4.69, 9.17) is 19.9 Å². The fraction of sp³-hybridized carbons (Fsp3) is 0.303. The van der Waals surface area contributed by atoms with Gasteiger partial charge in [0.2, 0.25) is 5.91 Å². The second-order valence-electron chi connectivity index (χ2n) is 10.4. The number of nitrogen functional groups attached to an aromatic ring is 1. The Morgan fingerprint density at radius 3 is 2.14 bits per heavy atom. The number of aromatic nitrogens is 1. The third kappa shape index (κ3) is 6.59. The molecule has 1 fully saturated rings. The van der Waals surface area contributed by atoms with Crippen LogP contribution in [-0.2, 0) is 4.79 Å². The molecule has 43 heavy (non-hydrogen) atoms. The number of carbonyl (C=O) groups excluding carboxylic acids is 2. The average molecular weight is 601 g/mol. The van der Waals surface area contributed by atoms with E-state index in [2.05, 4.69) is 9.69 Å². The van der Waals surface area contributed by atoms with Crippen LogP contribution in [0, 0.1) is 0 Å². The molecular formula is C33H36N4O5S. The molecule has 1 aliphatic carbocycles. The van der Waals surface area contributed by atoms with Gasteiger partial charge in [-0.3, -0.25) is 14.5 Å². The fourth-order valence-corrected chi connectivity index (χ4v) is 6.15. The van der Waals surface area contributed by atoms with Crippen LogP contribution in [0.4, 0.5) is 11.4 Å². The summed E-state index contributed by atoms with van der Waals surface area (Å²) < 4.78 is 20.7. The highest BCUT2D eigenvalue weighted by Gasteiger charge is 2.37. The number of rotatable bonds is 10. The Kier molecular flexibility index (Phi) is 9.46. The molecule has 10 heteroatoms. The Balaban J connectivity index is 1.61. The molecular weight excluding hydrogens is 564 g/mol. The number of hydrogen-bond donors (Lipinski definition) is 2. The summed E-state index contributed by atoms with van der Waals surface area (Å²) in [7, 11) is 4.74. The number of nitrogens with zero attached hydrogens (tertiary/aromatic N) is 2. The van der Waals surface area contributed by atoms with Crippen molar-refractivity contribution in [3.8, 4) is 28.5 Å². The molecule has 1 atom stereocenters. The molecule has 3 N–H and O–H groups in total. The van der Waals surface area contributed by atoms with E-state index in [0.29, 0.717) is 34.2 Å². The molecule has 0 spiro atoms. The predicted octanol–water partition coefficient (Wildman–Crippen LogP) is 6.26. The van der Waals surface area contributed by atoms with Crippen molar-refractivity contribution in [1.82, 2.24) is 9.69 Å². The van der Waals surface area contributed by atoms with Gasteiger partial charge in [-0.1, -0.05) is 37.5 Å². The van der Waals surface area contributed by atoms with Gasteiger partial charge in [0.1, 0.15) is 33.9 Å². The summed E-state index contributed by atoms with van der Waals surface area (Å²) in [5, 5.41) is 3.24. The summed E-state index contributed by atoms with van der Waals surface area (Å²) in [5.41, 5.74) is 9.22. The summed E-state index contributed by atoms with van der Waals surface area (Å²) in [6, 6.07) is 20.6. The lowest BCUT2D eigenvalue weighted by Gasteiger charge is -2.33. The van der Waals surface area contributed by atoms with Crippen molar-refractivity contribution in [2.24, 2.45) is 0 Å². The first-order valence-corrected chi connectivity index (χ1v) is 15.0. The highest BCUT2D eigenvalue weighted by atomic mass is 32.1. The highest BCUT2D eigenvalue weighted by Crippen LogP contribution is 2.38. The van der Waals surface area contributed by atoms with Gasteiger partial charge >= 0.3 is 0 Å². The zero-order chi connectivity index (χ0) is 30.3. The summed E-state index contributed by atoms with van der Waals surface area (Å²) in [6.07, 6.45) is 5.08. The van der Waals surface area contributed by atoms with Gasteiger partial charge in [0.05, 0.1) is 27.0 Å². The zero-order valence-corrected chi connectivity index (χ0v) is 25.4. The van der Waals surface area contributed by atoms with Crippen molar-refractivity contribution in [2.75, 3.05) is 32.0 Å². The Morgan fingerprint density at radius 1 is 0.884 bits per heavy atom. The van der Waals surface area contributed by atoms with E-state index in [1.54, 1.807) is 57.7 Å². The minimum Gasteiger partial charge on any atom is -0.497 e. The average Bonchev–Trinajstić information content (AvgIpc) is 3.44. The van der Waals surface area contributed by atoms with Crippen LogP contribution in [0.3, 0.4) is 0 Å². The molecule has 0 radical (unpaired) electrons. The van der Waals surface area contributed by atoms with E-state index in [0.717, 1.165) is 49.2 Å². The Bertz CT molecular complexity index is 1550. The molecule has 1 aliphatic rings. The van der Waals surface area contributed by atoms with Gasteiger partial charge in [-0.2, -0.15) is 4.37 Å². The standard InChI is InChI=1S/C33H36N4O5S/c1-40-25-16-12-21(13-17-25)29-28(34)31(43-36-29)33(39)37(24-10-7-11-27(20-24)42-3)30(22-14-18-26(41-2)19-15-22)32(38)35-23-8-5-4-6-9-23/h7,10-20,23,30H,4-6,8-9,34H2,1-3H3,(H,35,38)/t30-/m0/s1. The van der Waals surface area contributed by atoms with Crippen LogP contribution in [0.15, 0.2) is 72.8 Å². The van der Waals surface area contributed by atoms with Crippen molar-refractivity contribution in [3.05, 3.63) is 83.2 Å². The molecule has 9 nitrogen and oxygen atoms in total. The van der Waals surface area contributed by atoms with Crippen LogP contribution in [-0.4, -0.2) is 43.6 Å². The Hall–Kier alpha value is -4.57. The third-order valence-electron chi connectivity index (χ3n) is 7.73. The lowest BCUT2D eigenvalue weighted by molar-refractivity contribution is -0.123. The zero-order valence-electron chi connectivity index (χ0n) is 24.5. The minimum atomic E-state index is -1.00. The van der Waals surface area contributed by atoms with Crippen LogP contribution < -0.4 is 30.2 Å². The number of benzene rings is 3. The molecule has 1 saturated carbocycles. The molecule has 0 saturated heterocycles. The number of carbonyl (C=O) groups is 2. The van der Waals surface area contributed by atoms with E-state index in [9.17, 15) is 9.59 Å². The van der Waals surface area contributed by atoms with Crippen LogP contribution in [0.1, 0.15) is 53.4 Å². The van der Waals surface area contributed by atoms with Crippen molar-refractivity contribution in [1.29, 1.82) is 0 Å². The summed E-state index contributed by atoms with van der Waals surface area (Å²) in [6.45, 7) is 0. The number of hydrogen-bond acceptors (Lipinski definition) is 8. The van der Waals surface area contributed by atoms with Crippen LogP contribution >= 0.6 is 11.5 Å². The van der Waals surface area contributed by atoms with Gasteiger partial charge in [0.15, 0.2) is 0 Å². The molecule has 0 bridgehead atoms. The second kappa shape index (κ2) is 13.6. The molecule has 5 rings (SSSR count). The van der Waals surface area contributed by atoms with E-state index in [1.807, 2.05) is 36.4 Å². The maximum Gasteiger partial charge on any atom is 0.273 e. The molecule has 224 valence electrons. The van der Waals surface area contributed by atoms with E-state index >= 15 is 0 Å². The van der Waals surface area contributed by atoms with Crippen LogP contribution in [0.5, 0.6) is 17.2 Å². The highest BCUT2D eigenvalue weighted by molar-refractivity contribution is 7.09. The van der Waals surface area contributed by atoms with Crippen LogP contribution in [0.2, 0.25) is 0 Å². The van der Waals surface area contributed by atoms with Gasteiger partial charge < -0.3 is 25.3 Å². The van der Waals surface area contributed by atoms with Gasteiger partial charge in [-0.25, -0.2) is 0 Å². The van der Waals surface area contributed by atoms with Crippen molar-refractivity contribution in [2.45, 2.75) is 44.2 Å². The summed E-state index contributed by atoms with van der Waals surface area (Å²) in [4.78, 5) is 30.5. The first-order valence-electron chi connectivity index (χ1n) is 14.2. The number of ether oxygens (including phenoxy) is 3. The number of anilines is 2. The Labute approximate surface area is 255 Å². The topological polar surface area (TPSA) is 116 Å². The number of methoxy groups -OCH3 is 3. The van der Waals surface area contributed by atoms with E-state index in [-0.39, 0.29) is 22.5 Å². The maximum absolute atomic E-state index is 14.6. The maximum atomic E-state index is 14.6. The molecule has 4 aromatic rings. The lowest BCUT2D eigenvalue weighted by atomic mass is 9.94. The molecule has 2 amide bonds. The molecule has 1 heterocycles. The fourth-order valence-electron chi connectivity index (χ4n) is 5.39. The Morgan fingerprint density at radius 2 is 1.51 bits per heavy atom. The molecule has 0 aliphatic heterocycles. The number of amides is 2. The summed E-state index contributed by atoms with van der Waals surface area (Å²) >= 11 is 1.01. The number of nitrogens with one attached hydrogen (secondary N) is 1. The summed E-state index contributed by atoms with van der Waals surface area (Å²) in [5.74, 6) is 1.18. The van der Waals surface area contributed by atoms with Gasteiger partial charge in [-0.15, -0.1) is 0 Å². The number of nitrogens with two attached hydrogens (primary N) is 1. The second-order valence-corrected chi connectivity index (χ2v) is 11.2. The van der Waals surface area contributed by atoms with Crippen molar-refractivity contribution in [3.63, 3.8) is 0 Å². The van der Waals surface area contributed by atoms with Crippen LogP contribution in [0.25, 0.3) is 11.3 Å². The van der Waals surface area contributed by atoms with Crippen molar-refractivity contribution >= 4 is 34.7 Å². The molecule has 3 aromatic carbocycles. The monoisotopic (exact) mass is 600 g/mol. The first-order chi connectivity index (χ1) is 20.9. The lowest BCUT2D eigenvalue weighted by Crippen LogP contribution is -2.47. The first kappa shape index (κ1) is 29.9. The predicted molar refractivity (Wildman–Crippen MR) is 169 cm³/mol. The SMILES string of the molecule is COc1ccc(-c2nsc(C(=O)N(c3cccc(OC)c3)[C@H](C(=O)NC3CCCCC3)c3ccc(OC)cc3)c2N)cc1. The van der Waals surface area contributed by atoms with Gasteiger partial charge in [0.25, 0.3) is 5.91 Å². The molecule has 0 unspecified atom stereocenters. The van der Waals surface area contributed by atoms with Gasteiger partial charge in [0, 0.05) is 23.4 Å². The largest absolute Gasteiger partial charge is 0.497 e. The smallest absolute Gasteiger partial charge is 0.273 e. The third-order valence-corrected chi connectivity index (χ3v) is 8.58.